The zero-order valence-electron chi connectivity index (χ0n) is 16.5. The molecule has 0 fully saturated rings. The lowest BCUT2D eigenvalue weighted by Gasteiger charge is -2.10. The van der Waals surface area contributed by atoms with E-state index in [2.05, 4.69) is 31.2 Å². The van der Waals surface area contributed by atoms with Gasteiger partial charge >= 0.3 is 5.97 Å². The molecule has 0 heterocycles. The van der Waals surface area contributed by atoms with E-state index in [0.717, 1.165) is 19.3 Å². The smallest absolute Gasteiger partial charge is 0.303 e. The summed E-state index contributed by atoms with van der Waals surface area (Å²) in [6.07, 6.45) is 24.5. The van der Waals surface area contributed by atoms with Gasteiger partial charge in [-0.3, -0.25) is 14.8 Å². The number of rotatable bonds is 16. The molecule has 0 aromatic heterocycles. The molecule has 3 N–H and O–H groups in total. The van der Waals surface area contributed by atoms with E-state index in [4.69, 9.17) is 10.3 Å². The average Bonchev–Trinajstić information content (AvgIpc) is 2.64. The Labute approximate surface area is 163 Å². The van der Waals surface area contributed by atoms with Crippen LogP contribution in [0.3, 0.4) is 0 Å². The summed E-state index contributed by atoms with van der Waals surface area (Å²) in [4.78, 5) is 21.9. The SMILES string of the molecule is CCCCC/C=C\C/C=C\C/C=C\C=C\C(CCCC(=O)O)CC(=O)NO. The number of aliphatic carboxylic acids is 1. The highest BCUT2D eigenvalue weighted by molar-refractivity contribution is 5.75. The molecule has 0 aromatic rings. The van der Waals surface area contributed by atoms with Crippen LogP contribution in [-0.2, 0) is 9.59 Å². The van der Waals surface area contributed by atoms with Crippen LogP contribution in [-0.4, -0.2) is 22.2 Å². The minimum absolute atomic E-state index is 0.0821. The van der Waals surface area contributed by atoms with E-state index in [1.54, 1.807) is 5.48 Å². The van der Waals surface area contributed by atoms with Gasteiger partial charge in [-0.2, -0.15) is 0 Å². The second-order valence-electron chi connectivity index (χ2n) is 6.51. The molecule has 0 aliphatic rings. The van der Waals surface area contributed by atoms with Crippen LogP contribution in [0.2, 0.25) is 0 Å². The quantitative estimate of drug-likeness (QED) is 0.111. The van der Waals surface area contributed by atoms with Crippen LogP contribution in [0.1, 0.15) is 71.1 Å². The lowest BCUT2D eigenvalue weighted by atomic mass is 9.97. The van der Waals surface area contributed by atoms with Crippen molar-refractivity contribution >= 4 is 11.9 Å². The highest BCUT2D eigenvalue weighted by atomic mass is 16.5. The Morgan fingerprint density at radius 1 is 0.963 bits per heavy atom. The number of unbranched alkanes of at least 4 members (excludes halogenated alkanes) is 3. The Hall–Kier alpha value is -2.14. The zero-order valence-corrected chi connectivity index (χ0v) is 16.5. The lowest BCUT2D eigenvalue weighted by molar-refractivity contribution is -0.137. The van der Waals surface area contributed by atoms with E-state index in [-0.39, 0.29) is 18.8 Å². The predicted octanol–water partition coefficient (Wildman–Crippen LogP) is 5.34. The second kappa shape index (κ2) is 18.6. The van der Waals surface area contributed by atoms with E-state index in [0.29, 0.717) is 12.8 Å². The van der Waals surface area contributed by atoms with Crippen molar-refractivity contribution < 1.29 is 19.9 Å². The minimum atomic E-state index is -0.841. The normalized spacial score (nSPS) is 13.3. The van der Waals surface area contributed by atoms with Gasteiger partial charge in [0.05, 0.1) is 0 Å². The van der Waals surface area contributed by atoms with Crippen LogP contribution in [0.25, 0.3) is 0 Å². The molecule has 0 spiro atoms. The maximum absolute atomic E-state index is 11.3. The fourth-order valence-electron chi connectivity index (χ4n) is 2.52. The molecule has 1 unspecified atom stereocenters. The maximum Gasteiger partial charge on any atom is 0.303 e. The highest BCUT2D eigenvalue weighted by Gasteiger charge is 2.11. The third kappa shape index (κ3) is 18.4. The molecule has 5 heteroatoms. The van der Waals surface area contributed by atoms with Gasteiger partial charge in [-0.1, -0.05) is 68.4 Å². The first kappa shape index (κ1) is 24.9. The van der Waals surface area contributed by atoms with Crippen molar-refractivity contribution in [1.82, 2.24) is 5.48 Å². The largest absolute Gasteiger partial charge is 0.481 e. The van der Waals surface area contributed by atoms with Crippen molar-refractivity contribution in [3.8, 4) is 0 Å². The molecule has 0 aliphatic heterocycles. The standard InChI is InChI=1S/C22H35NO4/c1-2-3-4-5-6-7-8-9-10-11-12-13-14-16-20(19-21(24)23-27)17-15-18-22(25)26/h6-7,9-10,12-14,16,20,27H,2-5,8,11,15,17-19H2,1H3,(H,23,24)(H,25,26)/b7-6-,10-9-,13-12-,16-14+. The number of nitrogens with one attached hydrogen (secondary N) is 1. The summed E-state index contributed by atoms with van der Waals surface area (Å²) in [5.74, 6) is -1.39. The number of amides is 1. The fraction of sp³-hybridized carbons (Fsp3) is 0.545. The summed E-state index contributed by atoms with van der Waals surface area (Å²) in [6, 6.07) is 0. The first-order valence-electron chi connectivity index (χ1n) is 9.88. The third-order valence-corrected chi connectivity index (χ3v) is 4.02. The van der Waals surface area contributed by atoms with Crippen LogP contribution < -0.4 is 5.48 Å². The Morgan fingerprint density at radius 2 is 1.67 bits per heavy atom. The number of carbonyl (C=O) groups is 2. The molecular formula is C22H35NO4. The second-order valence-corrected chi connectivity index (χ2v) is 6.51. The fourth-order valence-corrected chi connectivity index (χ4v) is 2.52. The van der Waals surface area contributed by atoms with Gasteiger partial charge in [0.15, 0.2) is 0 Å². The Bertz CT molecular complexity index is 506. The first-order chi connectivity index (χ1) is 13.1. The predicted molar refractivity (Wildman–Crippen MR) is 109 cm³/mol. The molecule has 5 nitrogen and oxygen atoms in total. The zero-order chi connectivity index (χ0) is 20.2. The monoisotopic (exact) mass is 377 g/mol. The van der Waals surface area contributed by atoms with Gasteiger partial charge in [0.2, 0.25) is 5.91 Å². The molecule has 0 aromatic carbocycles. The molecule has 0 rings (SSSR count). The number of carboxylic acid groups (broad SMARTS) is 1. The lowest BCUT2D eigenvalue weighted by Crippen LogP contribution is -2.21. The van der Waals surface area contributed by atoms with Crippen molar-refractivity contribution in [2.24, 2.45) is 5.92 Å². The van der Waals surface area contributed by atoms with Gasteiger partial charge in [0.25, 0.3) is 0 Å². The van der Waals surface area contributed by atoms with E-state index < -0.39 is 11.9 Å². The van der Waals surface area contributed by atoms with Gasteiger partial charge < -0.3 is 5.11 Å². The van der Waals surface area contributed by atoms with E-state index in [9.17, 15) is 9.59 Å². The van der Waals surface area contributed by atoms with Gasteiger partial charge in [-0.15, -0.1) is 0 Å². The molecule has 0 aliphatic carbocycles. The van der Waals surface area contributed by atoms with Gasteiger partial charge in [0.1, 0.15) is 0 Å². The van der Waals surface area contributed by atoms with Crippen molar-refractivity contribution in [3.63, 3.8) is 0 Å². The summed E-state index contributed by atoms with van der Waals surface area (Å²) in [5, 5.41) is 17.3. The third-order valence-electron chi connectivity index (χ3n) is 4.02. The van der Waals surface area contributed by atoms with Crippen molar-refractivity contribution in [1.29, 1.82) is 0 Å². The Balaban J connectivity index is 4.09. The highest BCUT2D eigenvalue weighted by Crippen LogP contribution is 2.15. The van der Waals surface area contributed by atoms with E-state index in [1.165, 1.54) is 19.3 Å². The number of hydroxylamine groups is 1. The Kier molecular flexibility index (Phi) is 17.2. The van der Waals surface area contributed by atoms with Crippen molar-refractivity contribution in [2.45, 2.75) is 71.1 Å². The number of carboxylic acids is 1. The minimum Gasteiger partial charge on any atom is -0.481 e. The molecule has 1 amide bonds. The van der Waals surface area contributed by atoms with Crippen LogP contribution in [0, 0.1) is 5.92 Å². The number of allylic oxidation sites excluding steroid dienone is 8. The maximum atomic E-state index is 11.3. The summed E-state index contributed by atoms with van der Waals surface area (Å²) in [5.41, 5.74) is 1.62. The molecule has 0 saturated carbocycles. The van der Waals surface area contributed by atoms with E-state index in [1.807, 2.05) is 24.3 Å². The summed E-state index contributed by atoms with van der Waals surface area (Å²) < 4.78 is 0. The number of hydrogen-bond donors (Lipinski definition) is 3. The first-order valence-corrected chi connectivity index (χ1v) is 9.88. The van der Waals surface area contributed by atoms with Gasteiger partial charge in [0, 0.05) is 12.8 Å². The summed E-state index contributed by atoms with van der Waals surface area (Å²) in [7, 11) is 0. The van der Waals surface area contributed by atoms with Crippen LogP contribution >= 0.6 is 0 Å². The van der Waals surface area contributed by atoms with Crippen LogP contribution in [0.15, 0.2) is 48.6 Å². The number of hydrogen-bond acceptors (Lipinski definition) is 3. The molecule has 27 heavy (non-hydrogen) atoms. The van der Waals surface area contributed by atoms with Crippen LogP contribution in [0.5, 0.6) is 0 Å². The summed E-state index contributed by atoms with van der Waals surface area (Å²) >= 11 is 0. The molecule has 1 atom stereocenters. The number of carbonyl (C=O) groups excluding carboxylic acids is 1. The molecule has 152 valence electrons. The average molecular weight is 378 g/mol. The van der Waals surface area contributed by atoms with Crippen LogP contribution in [0.4, 0.5) is 0 Å². The van der Waals surface area contributed by atoms with Gasteiger partial charge in [-0.25, -0.2) is 5.48 Å². The summed E-state index contributed by atoms with van der Waals surface area (Å²) in [6.45, 7) is 2.21. The topological polar surface area (TPSA) is 86.6 Å². The molecular weight excluding hydrogens is 342 g/mol. The van der Waals surface area contributed by atoms with Crippen molar-refractivity contribution in [2.75, 3.05) is 0 Å². The van der Waals surface area contributed by atoms with Gasteiger partial charge in [-0.05, 0) is 44.4 Å². The van der Waals surface area contributed by atoms with Crippen molar-refractivity contribution in [3.05, 3.63) is 48.6 Å². The molecule has 0 saturated heterocycles. The molecule has 0 radical (unpaired) electrons. The Morgan fingerprint density at radius 3 is 2.33 bits per heavy atom. The molecule has 0 bridgehead atoms. The van der Waals surface area contributed by atoms with E-state index >= 15 is 0 Å².